The second-order valence-electron chi connectivity index (χ2n) is 5.88. The Morgan fingerprint density at radius 3 is 2.95 bits per heavy atom. The summed E-state index contributed by atoms with van der Waals surface area (Å²) in [5, 5.41) is 4.50. The van der Waals surface area contributed by atoms with Gasteiger partial charge in [0.05, 0.1) is 13.2 Å². The topological polar surface area (TPSA) is 30.5 Å². The molecular formula is C17H24ClNO2. The van der Waals surface area contributed by atoms with Crippen LogP contribution < -0.4 is 14.8 Å². The normalized spacial score (nSPS) is 21.3. The van der Waals surface area contributed by atoms with Crippen molar-refractivity contribution in [3.8, 4) is 11.5 Å². The molecule has 1 aliphatic heterocycles. The molecule has 1 aliphatic carbocycles. The molecule has 1 unspecified atom stereocenters. The fourth-order valence-electron chi connectivity index (χ4n) is 3.28. The highest BCUT2D eigenvalue weighted by Gasteiger charge is 2.28. The molecule has 1 aromatic rings. The summed E-state index contributed by atoms with van der Waals surface area (Å²) < 4.78 is 11.9. The van der Waals surface area contributed by atoms with Gasteiger partial charge in [0, 0.05) is 29.1 Å². The zero-order valence-corrected chi connectivity index (χ0v) is 13.5. The van der Waals surface area contributed by atoms with E-state index in [-0.39, 0.29) is 0 Å². The smallest absolute Gasteiger partial charge is 0.166 e. The fourth-order valence-corrected chi connectivity index (χ4v) is 3.57. The van der Waals surface area contributed by atoms with Crippen LogP contribution in [0.3, 0.4) is 0 Å². The van der Waals surface area contributed by atoms with Gasteiger partial charge in [-0.3, -0.25) is 0 Å². The van der Waals surface area contributed by atoms with Gasteiger partial charge >= 0.3 is 0 Å². The first kappa shape index (κ1) is 15.0. The minimum atomic E-state index is 0.330. The van der Waals surface area contributed by atoms with Crippen LogP contribution in [0.5, 0.6) is 11.5 Å². The summed E-state index contributed by atoms with van der Waals surface area (Å²) in [6.07, 6.45) is 6.65. The molecule has 1 atom stereocenters. The van der Waals surface area contributed by atoms with E-state index < -0.39 is 0 Å². The minimum absolute atomic E-state index is 0.330. The van der Waals surface area contributed by atoms with Crippen LogP contribution in [0.2, 0.25) is 5.02 Å². The van der Waals surface area contributed by atoms with Gasteiger partial charge in [0.15, 0.2) is 11.5 Å². The fraction of sp³-hybridized carbons (Fsp3) is 0.647. The molecule has 2 aliphatic rings. The predicted octanol–water partition coefficient (Wildman–Crippen LogP) is 4.27. The standard InChI is InChI=1S/C17H24ClNO2/c1-2-8-19-14-7-4-3-6-12-13(18)11-15-17(16(12)14)21-10-5-9-20-15/h11,14,19H,2-10H2,1H3. The SMILES string of the molecule is CCCNC1CCCCc2c(Cl)cc3c(c21)OCCCO3. The maximum absolute atomic E-state index is 6.54. The van der Waals surface area contributed by atoms with Crippen molar-refractivity contribution in [3.05, 3.63) is 22.2 Å². The third-order valence-electron chi connectivity index (χ3n) is 4.29. The minimum Gasteiger partial charge on any atom is -0.489 e. The summed E-state index contributed by atoms with van der Waals surface area (Å²) in [4.78, 5) is 0. The van der Waals surface area contributed by atoms with Crippen molar-refractivity contribution in [1.82, 2.24) is 5.32 Å². The lowest BCUT2D eigenvalue weighted by Gasteiger charge is -2.24. The van der Waals surface area contributed by atoms with Crippen LogP contribution in [0.1, 0.15) is 56.2 Å². The Balaban J connectivity index is 2.06. The molecule has 0 saturated carbocycles. The van der Waals surface area contributed by atoms with Gasteiger partial charge in [-0.1, -0.05) is 24.9 Å². The van der Waals surface area contributed by atoms with E-state index in [0.717, 1.165) is 55.4 Å². The average molecular weight is 310 g/mol. The van der Waals surface area contributed by atoms with Crippen LogP contribution >= 0.6 is 11.6 Å². The molecular weight excluding hydrogens is 286 g/mol. The van der Waals surface area contributed by atoms with Crippen LogP contribution in [-0.2, 0) is 6.42 Å². The van der Waals surface area contributed by atoms with Crippen LogP contribution in [0, 0.1) is 0 Å². The quantitative estimate of drug-likeness (QED) is 0.846. The summed E-state index contributed by atoms with van der Waals surface area (Å²) >= 11 is 6.54. The Bertz CT molecular complexity index is 504. The van der Waals surface area contributed by atoms with E-state index in [1.54, 1.807) is 0 Å². The molecule has 116 valence electrons. The lowest BCUT2D eigenvalue weighted by molar-refractivity contribution is 0.294. The van der Waals surface area contributed by atoms with Gasteiger partial charge in [0.2, 0.25) is 0 Å². The number of ether oxygens (including phenoxy) is 2. The van der Waals surface area contributed by atoms with Crippen molar-refractivity contribution in [1.29, 1.82) is 0 Å². The molecule has 4 heteroatoms. The van der Waals surface area contributed by atoms with Crippen molar-refractivity contribution in [3.63, 3.8) is 0 Å². The van der Waals surface area contributed by atoms with Gasteiger partial charge in [0.1, 0.15) is 0 Å². The lowest BCUT2D eigenvalue weighted by atomic mass is 9.97. The van der Waals surface area contributed by atoms with Crippen molar-refractivity contribution in [2.75, 3.05) is 19.8 Å². The number of hydrogen-bond donors (Lipinski definition) is 1. The monoisotopic (exact) mass is 309 g/mol. The zero-order valence-electron chi connectivity index (χ0n) is 12.7. The van der Waals surface area contributed by atoms with E-state index in [1.165, 1.54) is 24.0 Å². The molecule has 1 aromatic carbocycles. The second kappa shape index (κ2) is 6.89. The number of rotatable bonds is 3. The Kier molecular flexibility index (Phi) is 4.91. The predicted molar refractivity (Wildman–Crippen MR) is 85.6 cm³/mol. The summed E-state index contributed by atoms with van der Waals surface area (Å²) in [5.41, 5.74) is 2.51. The largest absolute Gasteiger partial charge is 0.489 e. The number of fused-ring (bicyclic) bond motifs is 3. The second-order valence-corrected chi connectivity index (χ2v) is 6.29. The van der Waals surface area contributed by atoms with E-state index in [0.29, 0.717) is 12.6 Å². The van der Waals surface area contributed by atoms with Crippen LogP contribution in [-0.4, -0.2) is 19.8 Å². The highest BCUT2D eigenvalue weighted by atomic mass is 35.5. The molecule has 3 nitrogen and oxygen atoms in total. The molecule has 0 fully saturated rings. The Hall–Kier alpha value is -0.930. The van der Waals surface area contributed by atoms with Crippen molar-refractivity contribution in [2.24, 2.45) is 0 Å². The molecule has 0 saturated heterocycles. The number of halogens is 1. The van der Waals surface area contributed by atoms with Crippen LogP contribution in [0.4, 0.5) is 0 Å². The van der Waals surface area contributed by atoms with Crippen LogP contribution in [0.25, 0.3) is 0 Å². The third-order valence-corrected chi connectivity index (χ3v) is 4.63. The average Bonchev–Trinajstić information content (AvgIpc) is 2.83. The molecule has 0 radical (unpaired) electrons. The maximum atomic E-state index is 6.54. The summed E-state index contributed by atoms with van der Waals surface area (Å²) in [7, 11) is 0. The third kappa shape index (κ3) is 3.14. The lowest BCUT2D eigenvalue weighted by Crippen LogP contribution is -2.23. The first-order chi connectivity index (χ1) is 10.3. The van der Waals surface area contributed by atoms with Gasteiger partial charge in [-0.05, 0) is 37.8 Å². The Labute approximate surface area is 132 Å². The molecule has 1 heterocycles. The molecule has 0 spiro atoms. The van der Waals surface area contributed by atoms with Crippen LogP contribution in [0.15, 0.2) is 6.07 Å². The van der Waals surface area contributed by atoms with Crippen molar-refractivity contribution in [2.45, 2.75) is 51.5 Å². The summed E-state index contributed by atoms with van der Waals surface area (Å²) in [5.74, 6) is 1.75. The number of nitrogens with one attached hydrogen (secondary N) is 1. The molecule has 3 rings (SSSR count). The maximum Gasteiger partial charge on any atom is 0.166 e. The molecule has 0 bridgehead atoms. The number of hydrogen-bond acceptors (Lipinski definition) is 3. The first-order valence-corrected chi connectivity index (χ1v) is 8.53. The van der Waals surface area contributed by atoms with Gasteiger partial charge in [-0.15, -0.1) is 0 Å². The highest BCUT2D eigenvalue weighted by Crippen LogP contribution is 2.45. The summed E-state index contributed by atoms with van der Waals surface area (Å²) in [6.45, 7) is 4.64. The Morgan fingerprint density at radius 1 is 1.24 bits per heavy atom. The van der Waals surface area contributed by atoms with Gasteiger partial charge in [0.25, 0.3) is 0 Å². The molecule has 0 aromatic heterocycles. The number of benzene rings is 1. The van der Waals surface area contributed by atoms with E-state index >= 15 is 0 Å². The van der Waals surface area contributed by atoms with E-state index in [9.17, 15) is 0 Å². The highest BCUT2D eigenvalue weighted by molar-refractivity contribution is 6.31. The van der Waals surface area contributed by atoms with Gasteiger partial charge < -0.3 is 14.8 Å². The Morgan fingerprint density at radius 2 is 2.10 bits per heavy atom. The molecule has 21 heavy (non-hydrogen) atoms. The molecule has 1 N–H and O–H groups in total. The molecule has 0 amide bonds. The van der Waals surface area contributed by atoms with Gasteiger partial charge in [-0.2, -0.15) is 0 Å². The van der Waals surface area contributed by atoms with Gasteiger partial charge in [-0.25, -0.2) is 0 Å². The van der Waals surface area contributed by atoms with E-state index in [2.05, 4.69) is 12.2 Å². The van der Waals surface area contributed by atoms with Crippen molar-refractivity contribution >= 4 is 11.6 Å². The zero-order chi connectivity index (χ0) is 14.7. The first-order valence-electron chi connectivity index (χ1n) is 8.15. The van der Waals surface area contributed by atoms with Crippen molar-refractivity contribution < 1.29 is 9.47 Å². The van der Waals surface area contributed by atoms with E-state index in [4.69, 9.17) is 21.1 Å². The summed E-state index contributed by atoms with van der Waals surface area (Å²) in [6, 6.07) is 2.28. The van der Waals surface area contributed by atoms with E-state index in [1.807, 2.05) is 6.07 Å².